The Labute approximate surface area is 136 Å². The van der Waals surface area contributed by atoms with E-state index >= 15 is 0 Å². The zero-order chi connectivity index (χ0) is 16.2. The molecule has 1 fully saturated rings. The molecule has 4 amide bonds. The molecule has 118 valence electrons. The first-order valence-electron chi connectivity index (χ1n) is 6.97. The lowest BCUT2D eigenvalue weighted by atomic mass is 10.0. The predicted octanol–water partition coefficient (Wildman–Crippen LogP) is 1.45. The van der Waals surface area contributed by atoms with Crippen LogP contribution in [-0.2, 0) is 16.1 Å². The van der Waals surface area contributed by atoms with Crippen molar-refractivity contribution >= 4 is 34.9 Å². The highest BCUT2D eigenvalue weighted by Crippen LogP contribution is 2.18. The summed E-state index contributed by atoms with van der Waals surface area (Å²) in [6.45, 7) is 0.156. The monoisotopic (exact) mass is 330 g/mol. The van der Waals surface area contributed by atoms with Crippen LogP contribution in [0.5, 0.6) is 0 Å². The van der Waals surface area contributed by atoms with Gasteiger partial charge in [0.1, 0.15) is 5.92 Å². The first-order valence-corrected chi connectivity index (χ1v) is 7.85. The average molecular weight is 330 g/mol. The molecule has 1 aliphatic heterocycles. The summed E-state index contributed by atoms with van der Waals surface area (Å²) in [5.41, 5.74) is 0.506. The van der Waals surface area contributed by atoms with Gasteiger partial charge in [-0.1, -0.05) is 6.07 Å². The summed E-state index contributed by atoms with van der Waals surface area (Å²) >= 11 is 1.45. The molecule has 1 atom stereocenters. The molecule has 0 aromatic carbocycles. The number of urea groups is 1. The number of rotatable bonds is 4. The Kier molecular flexibility index (Phi) is 4.33. The van der Waals surface area contributed by atoms with E-state index in [1.54, 1.807) is 18.3 Å². The quantitative estimate of drug-likeness (QED) is 0.830. The molecule has 2 aromatic rings. The van der Waals surface area contributed by atoms with E-state index in [1.807, 2.05) is 17.5 Å². The van der Waals surface area contributed by atoms with Crippen LogP contribution in [0.1, 0.15) is 4.88 Å². The number of hydrogen-bond donors (Lipinski definition) is 2. The van der Waals surface area contributed by atoms with Crippen LogP contribution in [0.4, 0.5) is 10.5 Å². The number of hydrogen-bond acceptors (Lipinski definition) is 5. The molecule has 1 unspecified atom stereocenters. The van der Waals surface area contributed by atoms with Crippen LogP contribution in [0.3, 0.4) is 0 Å². The third-order valence-electron chi connectivity index (χ3n) is 3.41. The molecule has 2 aromatic heterocycles. The van der Waals surface area contributed by atoms with E-state index in [0.717, 1.165) is 9.78 Å². The SMILES string of the molecule is O=C(Nc1cccnc1)C1CNC(=O)N(Cc2cccs2)C1=O. The number of pyridine rings is 1. The van der Waals surface area contributed by atoms with Crippen LogP contribution < -0.4 is 10.6 Å². The molecule has 0 radical (unpaired) electrons. The molecule has 1 aliphatic rings. The predicted molar refractivity (Wildman–Crippen MR) is 84.6 cm³/mol. The van der Waals surface area contributed by atoms with Gasteiger partial charge < -0.3 is 10.6 Å². The van der Waals surface area contributed by atoms with Crippen molar-refractivity contribution in [2.24, 2.45) is 5.92 Å². The lowest BCUT2D eigenvalue weighted by molar-refractivity contribution is -0.139. The third-order valence-corrected chi connectivity index (χ3v) is 4.27. The first-order chi connectivity index (χ1) is 11.1. The summed E-state index contributed by atoms with van der Waals surface area (Å²) in [6, 6.07) is 6.57. The summed E-state index contributed by atoms with van der Waals surface area (Å²) in [7, 11) is 0. The van der Waals surface area contributed by atoms with E-state index in [1.165, 1.54) is 17.5 Å². The second kappa shape index (κ2) is 6.57. The molecule has 23 heavy (non-hydrogen) atoms. The van der Waals surface area contributed by atoms with Gasteiger partial charge in [0.25, 0.3) is 0 Å². The molecule has 8 heteroatoms. The van der Waals surface area contributed by atoms with Gasteiger partial charge in [-0.25, -0.2) is 4.79 Å². The molecule has 1 saturated heterocycles. The highest BCUT2D eigenvalue weighted by molar-refractivity contribution is 7.09. The fourth-order valence-corrected chi connectivity index (χ4v) is 2.93. The van der Waals surface area contributed by atoms with Gasteiger partial charge in [0.2, 0.25) is 11.8 Å². The van der Waals surface area contributed by atoms with Crippen molar-refractivity contribution in [2.45, 2.75) is 6.54 Å². The Morgan fingerprint density at radius 2 is 2.26 bits per heavy atom. The van der Waals surface area contributed by atoms with E-state index in [4.69, 9.17) is 0 Å². The topological polar surface area (TPSA) is 91.4 Å². The number of amides is 4. The number of carbonyl (C=O) groups excluding carboxylic acids is 3. The third kappa shape index (κ3) is 3.37. The number of aromatic nitrogens is 1. The standard InChI is InChI=1S/C15H14N4O3S/c20-13(18-10-3-1-5-16-7-10)12-8-17-15(22)19(14(12)21)9-11-4-2-6-23-11/h1-7,12H,8-9H2,(H,17,22)(H,18,20). The van der Waals surface area contributed by atoms with Crippen molar-refractivity contribution < 1.29 is 14.4 Å². The number of thiophene rings is 1. The van der Waals surface area contributed by atoms with Crippen LogP contribution in [0.25, 0.3) is 0 Å². The molecule has 2 N–H and O–H groups in total. The molecule has 0 spiro atoms. The van der Waals surface area contributed by atoms with E-state index in [-0.39, 0.29) is 13.1 Å². The van der Waals surface area contributed by atoms with Crippen LogP contribution in [-0.4, -0.2) is 34.3 Å². The molecule has 0 aliphatic carbocycles. The molecule has 7 nitrogen and oxygen atoms in total. The summed E-state index contributed by atoms with van der Waals surface area (Å²) in [5, 5.41) is 7.09. The van der Waals surface area contributed by atoms with Crippen LogP contribution >= 0.6 is 11.3 Å². The van der Waals surface area contributed by atoms with Gasteiger partial charge in [-0.3, -0.25) is 19.5 Å². The maximum absolute atomic E-state index is 12.5. The zero-order valence-corrected chi connectivity index (χ0v) is 12.9. The summed E-state index contributed by atoms with van der Waals surface area (Å²) in [4.78, 5) is 42.5. The molecule has 0 bridgehead atoms. The van der Waals surface area contributed by atoms with Gasteiger partial charge in [-0.05, 0) is 23.6 Å². The van der Waals surface area contributed by atoms with Crippen molar-refractivity contribution in [1.82, 2.24) is 15.2 Å². The number of anilines is 1. The molecule has 0 saturated carbocycles. The van der Waals surface area contributed by atoms with E-state index in [0.29, 0.717) is 5.69 Å². The van der Waals surface area contributed by atoms with Crippen LogP contribution in [0.15, 0.2) is 42.0 Å². The molecule has 3 heterocycles. The highest BCUT2D eigenvalue weighted by atomic mass is 32.1. The number of nitrogens with one attached hydrogen (secondary N) is 2. The van der Waals surface area contributed by atoms with Crippen molar-refractivity contribution in [3.63, 3.8) is 0 Å². The Bertz CT molecular complexity index is 718. The lowest BCUT2D eigenvalue weighted by Gasteiger charge is -2.30. The van der Waals surface area contributed by atoms with Crippen molar-refractivity contribution in [3.05, 3.63) is 46.9 Å². The van der Waals surface area contributed by atoms with Gasteiger partial charge in [0, 0.05) is 17.6 Å². The maximum Gasteiger partial charge on any atom is 0.324 e. The van der Waals surface area contributed by atoms with Gasteiger partial charge in [0.15, 0.2) is 0 Å². The smallest absolute Gasteiger partial charge is 0.324 e. The number of nitrogens with zero attached hydrogens (tertiary/aromatic N) is 2. The average Bonchev–Trinajstić information content (AvgIpc) is 3.05. The van der Waals surface area contributed by atoms with Crippen molar-refractivity contribution in [2.75, 3.05) is 11.9 Å². The van der Waals surface area contributed by atoms with Gasteiger partial charge in [-0.15, -0.1) is 11.3 Å². The number of imide groups is 1. The fourth-order valence-electron chi connectivity index (χ4n) is 2.24. The van der Waals surface area contributed by atoms with Crippen LogP contribution in [0.2, 0.25) is 0 Å². The van der Waals surface area contributed by atoms with Gasteiger partial charge in [0.05, 0.1) is 18.4 Å². The minimum Gasteiger partial charge on any atom is -0.336 e. The van der Waals surface area contributed by atoms with Gasteiger partial charge in [-0.2, -0.15) is 0 Å². The Balaban J connectivity index is 1.71. The van der Waals surface area contributed by atoms with Crippen molar-refractivity contribution in [1.29, 1.82) is 0 Å². The maximum atomic E-state index is 12.5. The fraction of sp³-hybridized carbons (Fsp3) is 0.200. The first kappa shape index (κ1) is 15.2. The Hall–Kier alpha value is -2.74. The van der Waals surface area contributed by atoms with Crippen molar-refractivity contribution in [3.8, 4) is 0 Å². The molecular formula is C15H14N4O3S. The van der Waals surface area contributed by atoms with E-state index in [9.17, 15) is 14.4 Å². The Morgan fingerprint density at radius 3 is 2.96 bits per heavy atom. The summed E-state index contributed by atoms with van der Waals surface area (Å²) in [5.74, 6) is -1.91. The summed E-state index contributed by atoms with van der Waals surface area (Å²) < 4.78 is 0. The van der Waals surface area contributed by atoms with E-state index < -0.39 is 23.8 Å². The lowest BCUT2D eigenvalue weighted by Crippen LogP contribution is -2.57. The van der Waals surface area contributed by atoms with Crippen LogP contribution in [0, 0.1) is 5.92 Å². The zero-order valence-electron chi connectivity index (χ0n) is 12.1. The minimum absolute atomic E-state index is 0.00922. The number of carbonyl (C=O) groups is 3. The normalized spacial score (nSPS) is 17.7. The largest absolute Gasteiger partial charge is 0.336 e. The van der Waals surface area contributed by atoms with E-state index in [2.05, 4.69) is 15.6 Å². The second-order valence-corrected chi connectivity index (χ2v) is 6.01. The molecule has 3 rings (SSSR count). The van der Waals surface area contributed by atoms with Gasteiger partial charge >= 0.3 is 6.03 Å². The second-order valence-electron chi connectivity index (χ2n) is 4.97. The summed E-state index contributed by atoms with van der Waals surface area (Å²) in [6.07, 6.45) is 3.08. The minimum atomic E-state index is -0.951. The molecular weight excluding hydrogens is 316 g/mol. The Morgan fingerprint density at radius 1 is 1.39 bits per heavy atom. The highest BCUT2D eigenvalue weighted by Gasteiger charge is 2.38.